The number of nitrogens with one attached hydrogen (secondary N) is 1. The lowest BCUT2D eigenvalue weighted by Gasteiger charge is -2.30. The van der Waals surface area contributed by atoms with Crippen LogP contribution in [0.3, 0.4) is 0 Å². The molecule has 0 unspecified atom stereocenters. The Morgan fingerprint density at radius 3 is 2.31 bits per heavy atom. The van der Waals surface area contributed by atoms with E-state index < -0.39 is 6.04 Å². The third-order valence-corrected chi connectivity index (χ3v) is 4.21. The summed E-state index contributed by atoms with van der Waals surface area (Å²) in [6, 6.07) is 16.6. The number of rotatable bonds is 8. The van der Waals surface area contributed by atoms with Crippen LogP contribution in [0.5, 0.6) is 5.75 Å². The molecule has 5 heteroatoms. The Morgan fingerprint density at radius 2 is 1.73 bits per heavy atom. The van der Waals surface area contributed by atoms with Gasteiger partial charge in [0.1, 0.15) is 11.8 Å². The van der Waals surface area contributed by atoms with E-state index in [1.165, 1.54) is 0 Å². The van der Waals surface area contributed by atoms with Crippen molar-refractivity contribution in [1.29, 1.82) is 0 Å². The Hall–Kier alpha value is -2.82. The van der Waals surface area contributed by atoms with Gasteiger partial charge in [-0.3, -0.25) is 9.59 Å². The topological polar surface area (TPSA) is 58.6 Å². The fourth-order valence-corrected chi connectivity index (χ4v) is 2.73. The highest BCUT2D eigenvalue weighted by Gasteiger charge is 2.28. The van der Waals surface area contributed by atoms with Gasteiger partial charge in [-0.15, -0.1) is 0 Å². The fourth-order valence-electron chi connectivity index (χ4n) is 2.73. The largest absolute Gasteiger partial charge is 0.484 e. The molecular formula is C21H26N2O3. The molecule has 0 aromatic heterocycles. The van der Waals surface area contributed by atoms with Gasteiger partial charge in [-0.2, -0.15) is 0 Å². The van der Waals surface area contributed by atoms with Gasteiger partial charge >= 0.3 is 0 Å². The van der Waals surface area contributed by atoms with Gasteiger partial charge in [-0.05, 0) is 31.0 Å². The molecular weight excluding hydrogens is 328 g/mol. The summed E-state index contributed by atoms with van der Waals surface area (Å²) in [6.45, 7) is 4.14. The Morgan fingerprint density at radius 1 is 1.08 bits per heavy atom. The van der Waals surface area contributed by atoms with Gasteiger partial charge in [0.05, 0.1) is 0 Å². The first-order valence-electron chi connectivity index (χ1n) is 8.79. The maximum atomic E-state index is 12.8. The molecule has 0 spiro atoms. The van der Waals surface area contributed by atoms with E-state index in [1.807, 2.05) is 68.4 Å². The molecule has 5 nitrogen and oxygen atoms in total. The molecule has 26 heavy (non-hydrogen) atoms. The van der Waals surface area contributed by atoms with Crippen molar-refractivity contribution in [3.05, 3.63) is 65.7 Å². The van der Waals surface area contributed by atoms with Crippen molar-refractivity contribution >= 4 is 11.8 Å². The standard InChI is InChI=1S/C21H26N2O3/c1-4-19(21(25)22-3)23(14-17-8-6-5-7-9-17)20(24)15-26-18-12-10-16(2)11-13-18/h5-13,19H,4,14-15H2,1-3H3,(H,22,25)/t19-/m1/s1. The van der Waals surface area contributed by atoms with E-state index in [4.69, 9.17) is 4.74 Å². The number of hydrogen-bond donors (Lipinski definition) is 1. The number of ether oxygens (including phenoxy) is 1. The van der Waals surface area contributed by atoms with Gasteiger partial charge in [-0.25, -0.2) is 0 Å². The van der Waals surface area contributed by atoms with Gasteiger partial charge < -0.3 is 15.0 Å². The van der Waals surface area contributed by atoms with Crippen LogP contribution in [0.4, 0.5) is 0 Å². The van der Waals surface area contributed by atoms with E-state index in [9.17, 15) is 9.59 Å². The van der Waals surface area contributed by atoms with Crippen LogP contribution in [0.1, 0.15) is 24.5 Å². The second-order valence-electron chi connectivity index (χ2n) is 6.15. The van der Waals surface area contributed by atoms with E-state index in [0.717, 1.165) is 11.1 Å². The number of benzene rings is 2. The number of likely N-dealkylation sites (N-methyl/N-ethyl adjacent to an activating group) is 1. The first-order valence-corrected chi connectivity index (χ1v) is 8.79. The molecule has 0 saturated carbocycles. The van der Waals surface area contributed by atoms with Gasteiger partial charge in [-0.1, -0.05) is 55.0 Å². The molecule has 2 aromatic carbocycles. The quantitative estimate of drug-likeness (QED) is 0.793. The van der Waals surface area contributed by atoms with Crippen molar-refractivity contribution < 1.29 is 14.3 Å². The van der Waals surface area contributed by atoms with Crippen LogP contribution in [0.2, 0.25) is 0 Å². The third-order valence-electron chi connectivity index (χ3n) is 4.21. The predicted molar refractivity (Wildman–Crippen MR) is 102 cm³/mol. The molecule has 0 saturated heterocycles. The lowest BCUT2D eigenvalue weighted by Crippen LogP contribution is -2.49. The normalized spacial score (nSPS) is 11.5. The summed E-state index contributed by atoms with van der Waals surface area (Å²) in [5, 5.41) is 2.64. The van der Waals surface area contributed by atoms with Crippen LogP contribution in [0, 0.1) is 6.92 Å². The van der Waals surface area contributed by atoms with E-state index >= 15 is 0 Å². The Labute approximate surface area is 155 Å². The first-order chi connectivity index (χ1) is 12.5. The molecule has 0 aliphatic rings. The first kappa shape index (κ1) is 19.5. The van der Waals surface area contributed by atoms with Crippen LogP contribution in [0.25, 0.3) is 0 Å². The van der Waals surface area contributed by atoms with Crippen LogP contribution < -0.4 is 10.1 Å². The fraction of sp³-hybridized carbons (Fsp3) is 0.333. The maximum Gasteiger partial charge on any atom is 0.261 e. The number of aryl methyl sites for hydroxylation is 1. The summed E-state index contributed by atoms with van der Waals surface area (Å²) in [5.74, 6) is 0.244. The summed E-state index contributed by atoms with van der Waals surface area (Å²) in [5.41, 5.74) is 2.10. The smallest absolute Gasteiger partial charge is 0.261 e. The highest BCUT2D eigenvalue weighted by atomic mass is 16.5. The van der Waals surface area contributed by atoms with Gasteiger partial charge in [0, 0.05) is 13.6 Å². The summed E-state index contributed by atoms with van der Waals surface area (Å²) >= 11 is 0. The average Bonchev–Trinajstić information content (AvgIpc) is 2.67. The molecule has 0 fully saturated rings. The van der Waals surface area contributed by atoms with Crippen LogP contribution in [0.15, 0.2) is 54.6 Å². The summed E-state index contributed by atoms with van der Waals surface area (Å²) < 4.78 is 5.63. The van der Waals surface area contributed by atoms with Crippen LogP contribution >= 0.6 is 0 Å². The van der Waals surface area contributed by atoms with E-state index in [1.54, 1.807) is 11.9 Å². The molecule has 1 atom stereocenters. The third kappa shape index (κ3) is 5.34. The molecule has 0 aliphatic carbocycles. The summed E-state index contributed by atoms with van der Waals surface area (Å²) in [7, 11) is 1.58. The van der Waals surface area contributed by atoms with Crippen molar-refractivity contribution in [1.82, 2.24) is 10.2 Å². The molecule has 1 N–H and O–H groups in total. The average molecular weight is 354 g/mol. The number of hydrogen-bond acceptors (Lipinski definition) is 3. The highest BCUT2D eigenvalue weighted by molar-refractivity contribution is 5.88. The minimum Gasteiger partial charge on any atom is -0.484 e. The number of carbonyl (C=O) groups is 2. The number of nitrogens with zero attached hydrogens (tertiary/aromatic N) is 1. The molecule has 138 valence electrons. The summed E-state index contributed by atoms with van der Waals surface area (Å²) in [4.78, 5) is 26.7. The molecule has 2 aromatic rings. The minimum atomic E-state index is -0.533. The predicted octanol–water partition coefficient (Wildman–Crippen LogP) is 2.93. The monoisotopic (exact) mass is 354 g/mol. The lowest BCUT2D eigenvalue weighted by atomic mass is 10.1. The Balaban J connectivity index is 2.13. The zero-order valence-corrected chi connectivity index (χ0v) is 15.6. The molecule has 0 bridgehead atoms. The van der Waals surface area contributed by atoms with Crippen molar-refractivity contribution in [3.63, 3.8) is 0 Å². The van der Waals surface area contributed by atoms with Crippen molar-refractivity contribution in [2.75, 3.05) is 13.7 Å². The van der Waals surface area contributed by atoms with E-state index in [-0.39, 0.29) is 18.4 Å². The molecule has 2 rings (SSSR count). The minimum absolute atomic E-state index is 0.108. The molecule has 0 aliphatic heterocycles. The zero-order chi connectivity index (χ0) is 18.9. The number of carbonyl (C=O) groups excluding carboxylic acids is 2. The van der Waals surface area contributed by atoms with Gasteiger partial charge in [0.2, 0.25) is 5.91 Å². The van der Waals surface area contributed by atoms with Crippen LogP contribution in [-0.4, -0.2) is 36.4 Å². The van der Waals surface area contributed by atoms with Crippen molar-refractivity contribution in [2.24, 2.45) is 0 Å². The lowest BCUT2D eigenvalue weighted by molar-refractivity contribution is -0.142. The molecule has 2 amide bonds. The second-order valence-corrected chi connectivity index (χ2v) is 6.15. The van der Waals surface area contributed by atoms with E-state index in [2.05, 4.69) is 5.32 Å². The number of amides is 2. The molecule has 0 heterocycles. The Bertz CT molecular complexity index is 714. The summed E-state index contributed by atoms with van der Waals surface area (Å²) in [6.07, 6.45) is 0.531. The van der Waals surface area contributed by atoms with Crippen molar-refractivity contribution in [2.45, 2.75) is 32.9 Å². The maximum absolute atomic E-state index is 12.8. The second kappa shape index (κ2) is 9.61. The van der Waals surface area contributed by atoms with E-state index in [0.29, 0.717) is 18.7 Å². The highest BCUT2D eigenvalue weighted by Crippen LogP contribution is 2.15. The van der Waals surface area contributed by atoms with Gasteiger partial charge in [0.15, 0.2) is 6.61 Å². The Kier molecular flexibility index (Phi) is 7.21. The van der Waals surface area contributed by atoms with Crippen LogP contribution in [-0.2, 0) is 16.1 Å². The van der Waals surface area contributed by atoms with Crippen molar-refractivity contribution in [3.8, 4) is 5.75 Å². The molecule has 0 radical (unpaired) electrons. The van der Waals surface area contributed by atoms with Gasteiger partial charge in [0.25, 0.3) is 5.91 Å². The zero-order valence-electron chi connectivity index (χ0n) is 15.6. The SMILES string of the molecule is CC[C@H](C(=O)NC)N(Cc1ccccc1)C(=O)COc1ccc(C)cc1.